The van der Waals surface area contributed by atoms with Crippen LogP contribution in [0.4, 0.5) is 0 Å². The lowest BCUT2D eigenvalue weighted by Gasteiger charge is -2.18. The van der Waals surface area contributed by atoms with Crippen molar-refractivity contribution < 1.29 is 4.79 Å². The van der Waals surface area contributed by atoms with Gasteiger partial charge < -0.3 is 9.88 Å². The van der Waals surface area contributed by atoms with Crippen molar-refractivity contribution in [1.29, 1.82) is 0 Å². The molecule has 1 aliphatic rings. The second kappa shape index (κ2) is 7.67. The zero-order valence-corrected chi connectivity index (χ0v) is 16.8. The number of ketones is 1. The van der Waals surface area contributed by atoms with Crippen molar-refractivity contribution >= 4 is 39.9 Å². The maximum absolute atomic E-state index is 12.7. The number of hydrogen-bond acceptors (Lipinski definition) is 2. The molecule has 1 fully saturated rings. The quantitative estimate of drug-likeness (QED) is 0.570. The molecule has 4 rings (SSSR count). The highest BCUT2D eigenvalue weighted by atomic mass is 35.5. The fourth-order valence-corrected chi connectivity index (χ4v) is 4.52. The third kappa shape index (κ3) is 4.06. The molecular weight excluding hydrogens is 379 g/mol. The molecule has 0 bridgehead atoms. The lowest BCUT2D eigenvalue weighted by molar-refractivity contribution is 0.0993. The Labute approximate surface area is 169 Å². The molecule has 2 aromatic carbocycles. The van der Waals surface area contributed by atoms with E-state index in [4.69, 9.17) is 23.2 Å². The van der Waals surface area contributed by atoms with Gasteiger partial charge in [0.05, 0.1) is 0 Å². The van der Waals surface area contributed by atoms with Crippen LogP contribution < -0.4 is 0 Å². The highest BCUT2D eigenvalue weighted by Crippen LogP contribution is 2.26. The number of carbonyl (C=O) groups excluding carboxylic acids is 1. The number of fused-ring (bicyclic) bond motifs is 1. The van der Waals surface area contributed by atoms with E-state index in [1.165, 1.54) is 30.3 Å². The van der Waals surface area contributed by atoms with Crippen molar-refractivity contribution in [3.05, 3.63) is 69.3 Å². The number of likely N-dealkylation sites (tertiary alicyclic amines) is 1. The topological polar surface area (TPSA) is 36.1 Å². The van der Waals surface area contributed by atoms with Crippen molar-refractivity contribution in [2.24, 2.45) is 0 Å². The molecular formula is C22H22Cl2N2O. The van der Waals surface area contributed by atoms with Crippen LogP contribution in [0, 0.1) is 0 Å². The van der Waals surface area contributed by atoms with Crippen molar-refractivity contribution in [2.45, 2.75) is 31.7 Å². The van der Waals surface area contributed by atoms with Crippen LogP contribution in [-0.2, 0) is 12.8 Å². The van der Waals surface area contributed by atoms with Crippen LogP contribution in [0.2, 0.25) is 10.0 Å². The van der Waals surface area contributed by atoms with E-state index < -0.39 is 0 Å². The minimum Gasteiger partial charge on any atom is -0.361 e. The third-order valence-electron chi connectivity index (χ3n) is 5.51. The summed E-state index contributed by atoms with van der Waals surface area (Å²) < 4.78 is 0. The smallest absolute Gasteiger partial charge is 0.167 e. The Hall–Kier alpha value is -1.81. The Bertz CT molecular complexity index is 975. The van der Waals surface area contributed by atoms with Crippen molar-refractivity contribution in [3.8, 4) is 0 Å². The number of hydrogen-bond donors (Lipinski definition) is 1. The normalized spacial score (nSPS) is 17.7. The van der Waals surface area contributed by atoms with Gasteiger partial charge in [-0.25, -0.2) is 0 Å². The number of halogens is 2. The number of carbonyl (C=O) groups is 1. The predicted molar refractivity (Wildman–Crippen MR) is 112 cm³/mol. The Morgan fingerprint density at radius 3 is 2.67 bits per heavy atom. The van der Waals surface area contributed by atoms with Crippen molar-refractivity contribution in [2.75, 3.05) is 13.6 Å². The molecule has 140 valence electrons. The standard InChI is InChI=1S/C22H22Cl2N2O/c1-26-6-2-3-19(26)11-16-13-25-21-5-4-14(7-20(16)21)8-22(27)15-9-17(23)12-18(24)10-15/h4-5,7,9-10,12-13,19,25H,2-3,6,8,11H2,1H3. The van der Waals surface area contributed by atoms with Crippen LogP contribution in [-0.4, -0.2) is 35.3 Å². The SMILES string of the molecule is CN1CCCC1Cc1c[nH]c2ccc(CC(=O)c3cc(Cl)cc(Cl)c3)cc12. The lowest BCUT2D eigenvalue weighted by Crippen LogP contribution is -2.26. The van der Waals surface area contributed by atoms with Crippen molar-refractivity contribution in [3.63, 3.8) is 0 Å². The maximum Gasteiger partial charge on any atom is 0.167 e. The number of aromatic amines is 1. The van der Waals surface area contributed by atoms with Gasteiger partial charge in [0, 0.05) is 45.2 Å². The van der Waals surface area contributed by atoms with E-state index in [2.05, 4.69) is 35.3 Å². The van der Waals surface area contributed by atoms with Crippen molar-refractivity contribution in [1.82, 2.24) is 9.88 Å². The molecule has 0 radical (unpaired) electrons. The largest absolute Gasteiger partial charge is 0.361 e. The van der Waals surface area contributed by atoms with Gasteiger partial charge in [-0.2, -0.15) is 0 Å². The fraction of sp³-hybridized carbons (Fsp3) is 0.318. The first-order valence-corrected chi connectivity index (χ1v) is 10.0. The molecule has 5 heteroatoms. The Morgan fingerprint density at radius 1 is 1.19 bits per heavy atom. The zero-order chi connectivity index (χ0) is 19.0. The van der Waals surface area contributed by atoms with Crippen LogP contribution in [0.1, 0.15) is 34.3 Å². The number of nitrogens with zero attached hydrogens (tertiary/aromatic N) is 1. The van der Waals surface area contributed by atoms with Gasteiger partial charge in [0.25, 0.3) is 0 Å². The van der Waals surface area contributed by atoms with E-state index in [1.807, 2.05) is 6.07 Å². The van der Waals surface area contributed by atoms with Gasteiger partial charge in [-0.1, -0.05) is 29.3 Å². The average molecular weight is 401 g/mol. The zero-order valence-electron chi connectivity index (χ0n) is 15.3. The molecule has 0 aliphatic carbocycles. The number of benzene rings is 2. The van der Waals surface area contributed by atoms with Crippen LogP contribution in [0.15, 0.2) is 42.6 Å². The van der Waals surface area contributed by atoms with E-state index in [9.17, 15) is 4.79 Å². The maximum atomic E-state index is 12.7. The third-order valence-corrected chi connectivity index (χ3v) is 5.94. The first-order valence-electron chi connectivity index (χ1n) is 9.28. The molecule has 0 spiro atoms. The summed E-state index contributed by atoms with van der Waals surface area (Å²) in [6.45, 7) is 1.18. The summed E-state index contributed by atoms with van der Waals surface area (Å²) in [6, 6.07) is 11.8. The molecule has 1 unspecified atom stereocenters. The van der Waals surface area contributed by atoms with Gasteiger partial charge in [0.1, 0.15) is 0 Å². The molecule has 3 nitrogen and oxygen atoms in total. The summed E-state index contributed by atoms with van der Waals surface area (Å²) in [6.07, 6.45) is 6.00. The molecule has 1 atom stereocenters. The summed E-state index contributed by atoms with van der Waals surface area (Å²) in [4.78, 5) is 18.5. The minimum atomic E-state index is 0.0198. The second-order valence-electron chi connectivity index (χ2n) is 7.43. The molecule has 1 aromatic heterocycles. The molecule has 27 heavy (non-hydrogen) atoms. The van der Waals surface area contributed by atoms with Gasteiger partial charge in [0.2, 0.25) is 0 Å². The van der Waals surface area contributed by atoms with Crippen LogP contribution in [0.25, 0.3) is 10.9 Å². The predicted octanol–water partition coefficient (Wildman–Crippen LogP) is 5.54. The summed E-state index contributed by atoms with van der Waals surface area (Å²) >= 11 is 12.1. The van der Waals surface area contributed by atoms with Crippen LogP contribution >= 0.6 is 23.2 Å². The van der Waals surface area contributed by atoms with Gasteiger partial charge >= 0.3 is 0 Å². The van der Waals surface area contributed by atoms with E-state index in [0.717, 1.165) is 17.5 Å². The van der Waals surface area contributed by atoms with Gasteiger partial charge in [-0.15, -0.1) is 0 Å². The van der Waals surface area contributed by atoms with E-state index in [0.29, 0.717) is 28.1 Å². The van der Waals surface area contributed by atoms with E-state index >= 15 is 0 Å². The lowest BCUT2D eigenvalue weighted by atomic mass is 9.99. The van der Waals surface area contributed by atoms with E-state index in [-0.39, 0.29) is 5.78 Å². The highest BCUT2D eigenvalue weighted by Gasteiger charge is 2.22. The second-order valence-corrected chi connectivity index (χ2v) is 8.31. The Balaban J connectivity index is 1.57. The molecule has 0 amide bonds. The van der Waals surface area contributed by atoms with Crippen LogP contribution in [0.3, 0.4) is 0 Å². The monoisotopic (exact) mass is 400 g/mol. The number of Topliss-reactive ketones (excluding diaryl/α,β-unsaturated/α-hetero) is 1. The molecule has 3 aromatic rings. The Morgan fingerprint density at radius 2 is 1.96 bits per heavy atom. The summed E-state index contributed by atoms with van der Waals surface area (Å²) in [5.41, 5.74) is 4.00. The molecule has 2 heterocycles. The van der Waals surface area contributed by atoms with Gasteiger partial charge in [-0.05, 0) is 74.3 Å². The van der Waals surface area contributed by atoms with E-state index in [1.54, 1.807) is 18.2 Å². The number of likely N-dealkylation sites (N-methyl/N-ethyl adjacent to an activating group) is 1. The average Bonchev–Trinajstić information content (AvgIpc) is 3.21. The summed E-state index contributed by atoms with van der Waals surface area (Å²) in [5.74, 6) is 0.0198. The first-order chi connectivity index (χ1) is 13.0. The summed E-state index contributed by atoms with van der Waals surface area (Å²) in [5, 5.41) is 2.18. The van der Waals surface area contributed by atoms with Gasteiger partial charge in [0.15, 0.2) is 5.78 Å². The number of H-pyrrole nitrogens is 1. The fourth-order valence-electron chi connectivity index (χ4n) is 4.00. The number of nitrogens with one attached hydrogen (secondary N) is 1. The molecule has 1 aliphatic heterocycles. The first kappa shape index (κ1) is 18.5. The minimum absolute atomic E-state index is 0.0198. The molecule has 1 saturated heterocycles. The summed E-state index contributed by atoms with van der Waals surface area (Å²) in [7, 11) is 2.20. The van der Waals surface area contributed by atoms with Crippen LogP contribution in [0.5, 0.6) is 0 Å². The Kier molecular flexibility index (Phi) is 5.27. The molecule has 0 saturated carbocycles. The number of rotatable bonds is 5. The number of aromatic nitrogens is 1. The highest BCUT2D eigenvalue weighted by molar-refractivity contribution is 6.35. The molecule has 1 N–H and O–H groups in total. The van der Waals surface area contributed by atoms with Gasteiger partial charge in [-0.3, -0.25) is 4.79 Å².